The monoisotopic (exact) mass is 506 g/mol. The highest BCUT2D eigenvalue weighted by molar-refractivity contribution is 5.92. The lowest BCUT2D eigenvalue weighted by Gasteiger charge is -2.23. The molecule has 1 aliphatic rings. The van der Waals surface area contributed by atoms with Crippen molar-refractivity contribution in [1.29, 1.82) is 0 Å². The predicted octanol–water partition coefficient (Wildman–Crippen LogP) is 3.58. The first-order chi connectivity index (χ1) is 17.8. The molecule has 1 amide bonds. The third-order valence-electron chi connectivity index (χ3n) is 6.01. The highest BCUT2D eigenvalue weighted by Crippen LogP contribution is 2.38. The number of benzene rings is 2. The number of carbonyl (C=O) groups is 1. The first kappa shape index (κ1) is 26.2. The van der Waals surface area contributed by atoms with Crippen LogP contribution in [-0.2, 0) is 4.74 Å². The Morgan fingerprint density at radius 3 is 2.46 bits per heavy atom. The highest BCUT2D eigenvalue weighted by atomic mass is 16.5. The molecule has 0 radical (unpaired) electrons. The summed E-state index contributed by atoms with van der Waals surface area (Å²) in [6.45, 7) is 10.7. The van der Waals surface area contributed by atoms with Crippen LogP contribution in [0.15, 0.2) is 41.5 Å². The van der Waals surface area contributed by atoms with Gasteiger partial charge in [0.15, 0.2) is 5.82 Å². The van der Waals surface area contributed by atoms with E-state index in [-0.39, 0.29) is 29.4 Å². The maximum Gasteiger partial charge on any atom is 0.289 e. The smallest absolute Gasteiger partial charge is 0.289 e. The number of morpholine rings is 1. The number of phenols is 1. The fourth-order valence-electron chi connectivity index (χ4n) is 4.10. The summed E-state index contributed by atoms with van der Waals surface area (Å²) in [7, 11) is 1.57. The van der Waals surface area contributed by atoms with Gasteiger partial charge in [-0.2, -0.15) is 5.10 Å². The Bertz CT molecular complexity index is 1260. The molecule has 0 saturated carbocycles. The number of hydrazone groups is 1. The van der Waals surface area contributed by atoms with Crippen LogP contribution in [-0.4, -0.2) is 76.5 Å². The molecule has 0 atom stereocenters. The predicted molar refractivity (Wildman–Crippen MR) is 142 cm³/mol. The minimum absolute atomic E-state index is 0.0139. The summed E-state index contributed by atoms with van der Waals surface area (Å²) in [6, 6.07) is 10.9. The first-order valence-electron chi connectivity index (χ1n) is 12.4. The van der Waals surface area contributed by atoms with Crippen LogP contribution < -0.4 is 10.1 Å². The van der Waals surface area contributed by atoms with Gasteiger partial charge in [-0.3, -0.25) is 14.4 Å². The van der Waals surface area contributed by atoms with E-state index >= 15 is 0 Å². The molecule has 10 heteroatoms. The Labute approximate surface area is 216 Å². The molecular weight excluding hydrogens is 472 g/mol. The average molecular weight is 507 g/mol. The summed E-state index contributed by atoms with van der Waals surface area (Å²) >= 11 is 0. The lowest BCUT2D eigenvalue weighted by atomic mass is 9.98. The molecule has 0 spiro atoms. The van der Waals surface area contributed by atoms with Crippen molar-refractivity contribution in [2.45, 2.75) is 39.7 Å². The summed E-state index contributed by atoms with van der Waals surface area (Å²) in [5, 5.41) is 28.8. The standard InChI is InChI=1S/C27H34N6O4/c1-17(2)21-14-22(23(34)15-24(21)36-5)25-30-31-26(27(35)29-18(3)4)33(25)20-8-6-19(7-9-20)16-28-32-10-12-37-13-11-32/h6-9,14-18,34H,10-13H2,1-5H3,(H,29,35)/b28-16-. The third kappa shape index (κ3) is 5.91. The van der Waals surface area contributed by atoms with Crippen LogP contribution in [0.5, 0.6) is 11.5 Å². The topological polar surface area (TPSA) is 114 Å². The van der Waals surface area contributed by atoms with E-state index in [4.69, 9.17) is 9.47 Å². The number of aromatic nitrogens is 3. The van der Waals surface area contributed by atoms with E-state index in [2.05, 4.69) is 20.6 Å². The van der Waals surface area contributed by atoms with Gasteiger partial charge in [0.05, 0.1) is 45.2 Å². The van der Waals surface area contributed by atoms with Gasteiger partial charge in [0, 0.05) is 17.8 Å². The minimum atomic E-state index is -0.358. The summed E-state index contributed by atoms with van der Waals surface area (Å²) in [5.74, 6) is 0.831. The molecule has 0 aliphatic carbocycles. The van der Waals surface area contributed by atoms with E-state index < -0.39 is 0 Å². The Kier molecular flexibility index (Phi) is 8.08. The maximum absolute atomic E-state index is 13.0. The van der Waals surface area contributed by atoms with Crippen molar-refractivity contribution in [1.82, 2.24) is 25.1 Å². The van der Waals surface area contributed by atoms with E-state index in [1.807, 2.05) is 63.0 Å². The molecule has 2 aromatic carbocycles. The molecule has 3 aromatic rings. The van der Waals surface area contributed by atoms with Crippen molar-refractivity contribution < 1.29 is 19.4 Å². The largest absolute Gasteiger partial charge is 0.507 e. The van der Waals surface area contributed by atoms with Crippen LogP contribution in [0.4, 0.5) is 0 Å². The number of hydrogen-bond acceptors (Lipinski definition) is 8. The zero-order valence-electron chi connectivity index (χ0n) is 21.9. The molecule has 1 aliphatic heterocycles. The number of rotatable bonds is 8. The molecule has 2 N–H and O–H groups in total. The first-order valence-corrected chi connectivity index (χ1v) is 12.4. The van der Waals surface area contributed by atoms with Gasteiger partial charge in [0.1, 0.15) is 11.5 Å². The summed E-state index contributed by atoms with van der Waals surface area (Å²) in [5.41, 5.74) is 2.96. The molecule has 0 bridgehead atoms. The molecule has 196 valence electrons. The van der Waals surface area contributed by atoms with E-state index in [0.717, 1.165) is 24.2 Å². The quantitative estimate of drug-likeness (QED) is 0.449. The van der Waals surface area contributed by atoms with Gasteiger partial charge < -0.3 is 19.9 Å². The van der Waals surface area contributed by atoms with Gasteiger partial charge in [-0.25, -0.2) is 0 Å². The summed E-state index contributed by atoms with van der Waals surface area (Å²) in [6.07, 6.45) is 1.80. The van der Waals surface area contributed by atoms with Gasteiger partial charge in [0.2, 0.25) is 5.82 Å². The van der Waals surface area contributed by atoms with Crippen molar-refractivity contribution in [3.05, 3.63) is 53.3 Å². The van der Waals surface area contributed by atoms with Gasteiger partial charge in [0.25, 0.3) is 5.91 Å². The lowest BCUT2D eigenvalue weighted by molar-refractivity contribution is 0.0397. The number of ether oxygens (including phenoxy) is 2. The lowest BCUT2D eigenvalue weighted by Crippen LogP contribution is -2.32. The Hall–Kier alpha value is -3.92. The third-order valence-corrected chi connectivity index (χ3v) is 6.01. The van der Waals surface area contributed by atoms with Crippen LogP contribution in [0, 0.1) is 0 Å². The number of phenolic OH excluding ortho intramolecular Hbond substituents is 1. The van der Waals surface area contributed by atoms with Crippen molar-refractivity contribution in [2.75, 3.05) is 33.4 Å². The molecule has 2 heterocycles. The van der Waals surface area contributed by atoms with E-state index in [0.29, 0.717) is 36.0 Å². The Morgan fingerprint density at radius 1 is 1.14 bits per heavy atom. The van der Waals surface area contributed by atoms with Crippen molar-refractivity contribution in [3.63, 3.8) is 0 Å². The average Bonchev–Trinajstić information content (AvgIpc) is 3.32. The SMILES string of the molecule is COc1cc(O)c(-c2nnc(C(=O)NC(C)C)n2-c2ccc(/C=N\N3CCOCC3)cc2)cc1C(C)C. The van der Waals surface area contributed by atoms with Crippen LogP contribution >= 0.6 is 0 Å². The van der Waals surface area contributed by atoms with Crippen LogP contribution in [0.1, 0.15) is 55.4 Å². The number of amides is 1. The number of nitrogens with zero attached hydrogens (tertiary/aromatic N) is 5. The Balaban J connectivity index is 1.77. The molecule has 4 rings (SSSR count). The molecule has 37 heavy (non-hydrogen) atoms. The molecule has 1 saturated heterocycles. The van der Waals surface area contributed by atoms with Gasteiger partial charge >= 0.3 is 0 Å². The number of aromatic hydroxyl groups is 1. The van der Waals surface area contributed by atoms with Crippen LogP contribution in [0.2, 0.25) is 0 Å². The second kappa shape index (κ2) is 11.4. The van der Waals surface area contributed by atoms with Gasteiger partial charge in [-0.1, -0.05) is 26.0 Å². The fourth-order valence-corrected chi connectivity index (χ4v) is 4.10. The van der Waals surface area contributed by atoms with Crippen LogP contribution in [0.3, 0.4) is 0 Å². The maximum atomic E-state index is 13.0. The van der Waals surface area contributed by atoms with E-state index in [1.54, 1.807) is 24.0 Å². The zero-order valence-corrected chi connectivity index (χ0v) is 21.9. The van der Waals surface area contributed by atoms with E-state index in [1.165, 1.54) is 0 Å². The number of methoxy groups -OCH3 is 1. The summed E-state index contributed by atoms with van der Waals surface area (Å²) in [4.78, 5) is 13.0. The molecule has 0 unspecified atom stereocenters. The zero-order chi connectivity index (χ0) is 26.5. The highest BCUT2D eigenvalue weighted by Gasteiger charge is 2.25. The number of nitrogens with one attached hydrogen (secondary N) is 1. The molecular formula is C27H34N6O4. The van der Waals surface area contributed by atoms with E-state index in [9.17, 15) is 9.90 Å². The van der Waals surface area contributed by atoms with Gasteiger partial charge in [-0.15, -0.1) is 10.2 Å². The van der Waals surface area contributed by atoms with Crippen molar-refractivity contribution >= 4 is 12.1 Å². The normalized spacial score (nSPS) is 14.1. The second-order valence-electron chi connectivity index (χ2n) is 9.48. The Morgan fingerprint density at radius 2 is 1.84 bits per heavy atom. The number of hydrogen-bond donors (Lipinski definition) is 2. The number of carbonyl (C=O) groups excluding carboxylic acids is 1. The van der Waals surface area contributed by atoms with Crippen molar-refractivity contribution in [3.8, 4) is 28.6 Å². The fraction of sp³-hybridized carbons (Fsp3) is 0.407. The van der Waals surface area contributed by atoms with Gasteiger partial charge in [-0.05, 0) is 49.1 Å². The van der Waals surface area contributed by atoms with Crippen LogP contribution in [0.25, 0.3) is 17.1 Å². The molecule has 10 nitrogen and oxygen atoms in total. The molecule has 1 aromatic heterocycles. The van der Waals surface area contributed by atoms with Crippen molar-refractivity contribution in [2.24, 2.45) is 5.10 Å². The second-order valence-corrected chi connectivity index (χ2v) is 9.48. The summed E-state index contributed by atoms with van der Waals surface area (Å²) < 4.78 is 12.5. The molecule has 1 fully saturated rings. The minimum Gasteiger partial charge on any atom is -0.507 e.